The lowest BCUT2D eigenvalue weighted by Crippen LogP contribution is -2.17. The van der Waals surface area contributed by atoms with Gasteiger partial charge >= 0.3 is 0 Å². The Morgan fingerprint density at radius 1 is 0.864 bits per heavy atom. The molecular formula is C19H16N2S. The van der Waals surface area contributed by atoms with Crippen LogP contribution in [-0.2, 0) is 0 Å². The Balaban J connectivity index is 1.75. The van der Waals surface area contributed by atoms with Crippen LogP contribution in [0.1, 0.15) is 22.9 Å². The first-order valence-electron chi connectivity index (χ1n) is 7.42. The average Bonchev–Trinajstić information content (AvgIpc) is 3.26. The third kappa shape index (κ3) is 2.44. The number of rotatable bonds is 3. The molecule has 3 aromatic rings. The predicted molar refractivity (Wildman–Crippen MR) is 93.6 cm³/mol. The molecule has 1 aliphatic heterocycles. The molecule has 3 heteroatoms. The molecule has 22 heavy (non-hydrogen) atoms. The standard InChI is InChI=1S/C19H16N2S/c1-3-8-15(9-4-1)17-14-18(19-12-7-13-22-19)21(20-17)16-10-5-2-6-11-16/h1-13,18H,14H2. The van der Waals surface area contributed by atoms with E-state index in [0.717, 1.165) is 17.8 Å². The molecule has 1 aliphatic rings. The molecule has 1 unspecified atom stereocenters. The quantitative estimate of drug-likeness (QED) is 0.657. The van der Waals surface area contributed by atoms with E-state index in [0.29, 0.717) is 0 Å². The summed E-state index contributed by atoms with van der Waals surface area (Å²) in [6.07, 6.45) is 0.944. The van der Waals surface area contributed by atoms with Gasteiger partial charge in [-0.3, -0.25) is 5.01 Å². The summed E-state index contributed by atoms with van der Waals surface area (Å²) in [6, 6.07) is 25.5. The van der Waals surface area contributed by atoms with Crippen molar-refractivity contribution in [1.82, 2.24) is 0 Å². The Hall–Kier alpha value is -2.39. The second-order valence-electron chi connectivity index (χ2n) is 5.33. The topological polar surface area (TPSA) is 15.6 Å². The van der Waals surface area contributed by atoms with Crippen molar-refractivity contribution in [2.75, 3.05) is 5.01 Å². The van der Waals surface area contributed by atoms with Crippen LogP contribution in [0.4, 0.5) is 5.69 Å². The summed E-state index contributed by atoms with van der Waals surface area (Å²) in [5.41, 5.74) is 3.51. The van der Waals surface area contributed by atoms with Crippen LogP contribution in [0.25, 0.3) is 0 Å². The maximum Gasteiger partial charge on any atom is 0.0923 e. The van der Waals surface area contributed by atoms with Gasteiger partial charge < -0.3 is 0 Å². The van der Waals surface area contributed by atoms with Crippen LogP contribution in [0, 0.1) is 0 Å². The molecule has 0 radical (unpaired) electrons. The zero-order valence-corrected chi connectivity index (χ0v) is 12.9. The maximum atomic E-state index is 4.92. The minimum atomic E-state index is 0.289. The Bertz CT molecular complexity index is 764. The number of para-hydroxylation sites is 1. The number of thiophene rings is 1. The smallest absolute Gasteiger partial charge is 0.0923 e. The molecule has 2 nitrogen and oxygen atoms in total. The van der Waals surface area contributed by atoms with Gasteiger partial charge in [0.25, 0.3) is 0 Å². The molecule has 0 fully saturated rings. The van der Waals surface area contributed by atoms with Crippen LogP contribution < -0.4 is 5.01 Å². The summed E-state index contributed by atoms with van der Waals surface area (Å²) in [5, 5.41) is 9.22. The molecule has 4 rings (SSSR count). The minimum absolute atomic E-state index is 0.289. The largest absolute Gasteiger partial charge is 0.257 e. The van der Waals surface area contributed by atoms with Crippen LogP contribution in [-0.4, -0.2) is 5.71 Å². The minimum Gasteiger partial charge on any atom is -0.257 e. The van der Waals surface area contributed by atoms with Gasteiger partial charge in [0.2, 0.25) is 0 Å². The third-order valence-electron chi connectivity index (χ3n) is 3.91. The zero-order valence-electron chi connectivity index (χ0n) is 12.1. The van der Waals surface area contributed by atoms with Crippen molar-refractivity contribution in [3.8, 4) is 0 Å². The van der Waals surface area contributed by atoms with Crippen molar-refractivity contribution in [1.29, 1.82) is 0 Å². The van der Waals surface area contributed by atoms with E-state index in [1.54, 1.807) is 11.3 Å². The number of hydrogen-bond acceptors (Lipinski definition) is 3. The normalized spacial score (nSPS) is 17.5. The summed E-state index contributed by atoms with van der Waals surface area (Å²) in [5.74, 6) is 0. The zero-order chi connectivity index (χ0) is 14.8. The van der Waals surface area contributed by atoms with E-state index in [-0.39, 0.29) is 6.04 Å². The van der Waals surface area contributed by atoms with Gasteiger partial charge in [-0.1, -0.05) is 54.6 Å². The Labute approximate surface area is 134 Å². The molecule has 0 spiro atoms. The predicted octanol–water partition coefficient (Wildman–Crippen LogP) is 5.10. The Morgan fingerprint density at radius 2 is 1.59 bits per heavy atom. The van der Waals surface area contributed by atoms with E-state index < -0.39 is 0 Å². The van der Waals surface area contributed by atoms with Gasteiger partial charge in [0.05, 0.1) is 17.4 Å². The molecule has 0 aliphatic carbocycles. The summed E-state index contributed by atoms with van der Waals surface area (Å²) >= 11 is 1.80. The van der Waals surface area contributed by atoms with Crippen LogP contribution in [0.3, 0.4) is 0 Å². The summed E-state index contributed by atoms with van der Waals surface area (Å²) < 4.78 is 0. The van der Waals surface area contributed by atoms with Crippen LogP contribution in [0.5, 0.6) is 0 Å². The molecule has 0 N–H and O–H groups in total. The van der Waals surface area contributed by atoms with E-state index in [1.165, 1.54) is 10.4 Å². The van der Waals surface area contributed by atoms with Gasteiger partial charge in [-0.05, 0) is 29.1 Å². The third-order valence-corrected chi connectivity index (χ3v) is 4.88. The Kier molecular flexibility index (Phi) is 3.49. The van der Waals surface area contributed by atoms with Gasteiger partial charge in [-0.25, -0.2) is 0 Å². The lowest BCUT2D eigenvalue weighted by atomic mass is 10.0. The summed E-state index contributed by atoms with van der Waals surface area (Å²) in [6.45, 7) is 0. The van der Waals surface area contributed by atoms with Crippen molar-refractivity contribution >= 4 is 22.7 Å². The fourth-order valence-electron chi connectivity index (χ4n) is 2.84. The first kappa shape index (κ1) is 13.3. The molecular weight excluding hydrogens is 288 g/mol. The number of benzene rings is 2. The fraction of sp³-hybridized carbons (Fsp3) is 0.105. The van der Waals surface area contributed by atoms with Gasteiger partial charge in [0.1, 0.15) is 0 Å². The molecule has 2 aromatic carbocycles. The van der Waals surface area contributed by atoms with Gasteiger partial charge in [0, 0.05) is 11.3 Å². The van der Waals surface area contributed by atoms with Gasteiger partial charge in [-0.15, -0.1) is 11.3 Å². The average molecular weight is 304 g/mol. The van der Waals surface area contributed by atoms with E-state index in [4.69, 9.17) is 5.10 Å². The first-order chi connectivity index (χ1) is 10.9. The van der Waals surface area contributed by atoms with Crippen molar-refractivity contribution < 1.29 is 0 Å². The molecule has 0 saturated carbocycles. The number of hydrazone groups is 1. The van der Waals surface area contributed by atoms with Crippen molar-refractivity contribution in [3.05, 3.63) is 88.6 Å². The lowest BCUT2D eigenvalue weighted by molar-refractivity contribution is 0.722. The molecule has 108 valence electrons. The van der Waals surface area contributed by atoms with E-state index in [2.05, 4.69) is 71.1 Å². The molecule has 1 atom stereocenters. The van der Waals surface area contributed by atoms with Crippen LogP contribution in [0.2, 0.25) is 0 Å². The lowest BCUT2D eigenvalue weighted by Gasteiger charge is -2.22. The number of hydrogen-bond donors (Lipinski definition) is 0. The second kappa shape index (κ2) is 5.78. The fourth-order valence-corrected chi connectivity index (χ4v) is 3.65. The van der Waals surface area contributed by atoms with Crippen LogP contribution in [0.15, 0.2) is 83.3 Å². The highest BCUT2D eigenvalue weighted by Crippen LogP contribution is 2.38. The monoisotopic (exact) mass is 304 g/mol. The van der Waals surface area contributed by atoms with Crippen molar-refractivity contribution in [2.45, 2.75) is 12.5 Å². The molecule has 2 heterocycles. The number of nitrogens with zero attached hydrogens (tertiary/aromatic N) is 2. The van der Waals surface area contributed by atoms with E-state index in [1.807, 2.05) is 12.1 Å². The maximum absolute atomic E-state index is 4.92. The van der Waals surface area contributed by atoms with Gasteiger partial charge in [0.15, 0.2) is 0 Å². The van der Waals surface area contributed by atoms with Crippen molar-refractivity contribution in [2.24, 2.45) is 5.10 Å². The second-order valence-corrected chi connectivity index (χ2v) is 6.31. The summed E-state index contributed by atoms with van der Waals surface area (Å²) in [7, 11) is 0. The molecule has 0 saturated heterocycles. The molecule has 0 amide bonds. The highest BCUT2D eigenvalue weighted by Gasteiger charge is 2.30. The van der Waals surface area contributed by atoms with Crippen molar-refractivity contribution in [3.63, 3.8) is 0 Å². The first-order valence-corrected chi connectivity index (χ1v) is 8.30. The van der Waals surface area contributed by atoms with Gasteiger partial charge in [-0.2, -0.15) is 5.10 Å². The Morgan fingerprint density at radius 3 is 2.27 bits per heavy atom. The number of anilines is 1. The SMILES string of the molecule is c1ccc(C2=NN(c3ccccc3)C(c3cccs3)C2)cc1. The molecule has 1 aromatic heterocycles. The van der Waals surface area contributed by atoms with E-state index >= 15 is 0 Å². The van der Waals surface area contributed by atoms with Crippen LogP contribution >= 0.6 is 11.3 Å². The highest BCUT2D eigenvalue weighted by molar-refractivity contribution is 7.10. The summed E-state index contributed by atoms with van der Waals surface area (Å²) in [4.78, 5) is 1.36. The molecule has 0 bridgehead atoms. The van der Waals surface area contributed by atoms with E-state index in [9.17, 15) is 0 Å². The highest BCUT2D eigenvalue weighted by atomic mass is 32.1.